The van der Waals surface area contributed by atoms with E-state index in [2.05, 4.69) is 15.2 Å². The first-order chi connectivity index (χ1) is 8.72. The zero-order valence-corrected chi connectivity index (χ0v) is 10.4. The fraction of sp³-hybridized carbons (Fsp3) is 0.167. The first kappa shape index (κ1) is 12.4. The summed E-state index contributed by atoms with van der Waals surface area (Å²) in [6.07, 6.45) is 3.09. The molecule has 92 valence electrons. The van der Waals surface area contributed by atoms with Gasteiger partial charge in [0, 0.05) is 11.8 Å². The molecule has 2 aromatic rings. The van der Waals surface area contributed by atoms with E-state index in [1.807, 2.05) is 0 Å². The van der Waals surface area contributed by atoms with E-state index in [9.17, 15) is 4.79 Å². The summed E-state index contributed by atoms with van der Waals surface area (Å²) in [5.74, 6) is -0.423. The predicted molar refractivity (Wildman–Crippen MR) is 66.2 cm³/mol. The molecule has 0 aliphatic heterocycles. The van der Waals surface area contributed by atoms with Gasteiger partial charge in [-0.2, -0.15) is 5.10 Å². The second-order valence-corrected chi connectivity index (χ2v) is 3.77. The summed E-state index contributed by atoms with van der Waals surface area (Å²) in [5.41, 5.74) is 1.48. The molecule has 0 bridgehead atoms. The van der Waals surface area contributed by atoms with Gasteiger partial charge in [0.2, 0.25) is 0 Å². The molecule has 0 saturated heterocycles. The lowest BCUT2D eigenvalue weighted by Crippen LogP contribution is -2.07. The van der Waals surface area contributed by atoms with Gasteiger partial charge in [-0.05, 0) is 25.1 Å². The van der Waals surface area contributed by atoms with Crippen molar-refractivity contribution in [1.82, 2.24) is 15.2 Å². The Labute approximate surface area is 109 Å². The minimum atomic E-state index is -0.423. The Morgan fingerprint density at radius 3 is 3.06 bits per heavy atom. The summed E-state index contributed by atoms with van der Waals surface area (Å²) >= 11 is 5.77. The van der Waals surface area contributed by atoms with Crippen LogP contribution in [-0.2, 0) is 4.74 Å². The van der Waals surface area contributed by atoms with Crippen molar-refractivity contribution in [2.24, 2.45) is 0 Å². The summed E-state index contributed by atoms with van der Waals surface area (Å²) in [7, 11) is 0. The molecule has 2 heterocycles. The predicted octanol–water partition coefficient (Wildman–Crippen LogP) is 2.37. The van der Waals surface area contributed by atoms with Crippen LogP contribution >= 0.6 is 11.6 Å². The number of aromatic nitrogens is 3. The molecule has 6 heteroatoms. The van der Waals surface area contributed by atoms with Gasteiger partial charge in [-0.3, -0.25) is 4.98 Å². The van der Waals surface area contributed by atoms with E-state index in [-0.39, 0.29) is 5.15 Å². The van der Waals surface area contributed by atoms with Crippen molar-refractivity contribution in [2.45, 2.75) is 6.92 Å². The highest BCUT2D eigenvalue weighted by molar-refractivity contribution is 6.29. The second-order valence-electron chi connectivity index (χ2n) is 3.39. The first-order valence-corrected chi connectivity index (χ1v) is 5.71. The molecular weight excluding hydrogens is 254 g/mol. The number of ether oxygens (including phenoxy) is 1. The highest BCUT2D eigenvalue weighted by atomic mass is 35.5. The molecule has 5 nitrogen and oxygen atoms in total. The molecule has 18 heavy (non-hydrogen) atoms. The van der Waals surface area contributed by atoms with Crippen molar-refractivity contribution in [1.29, 1.82) is 0 Å². The summed E-state index contributed by atoms with van der Waals surface area (Å²) in [6, 6.07) is 4.92. The minimum Gasteiger partial charge on any atom is -0.462 e. The van der Waals surface area contributed by atoms with E-state index >= 15 is 0 Å². The number of carbonyl (C=O) groups excluding carboxylic acids is 1. The number of halogens is 1. The van der Waals surface area contributed by atoms with Crippen LogP contribution in [0.3, 0.4) is 0 Å². The van der Waals surface area contributed by atoms with Gasteiger partial charge in [-0.25, -0.2) is 4.79 Å². The lowest BCUT2D eigenvalue weighted by atomic mass is 10.1. The molecule has 0 spiro atoms. The van der Waals surface area contributed by atoms with Gasteiger partial charge in [0.1, 0.15) is 0 Å². The van der Waals surface area contributed by atoms with Crippen LogP contribution in [0.2, 0.25) is 5.15 Å². The van der Waals surface area contributed by atoms with Gasteiger partial charge in [0.25, 0.3) is 0 Å². The van der Waals surface area contributed by atoms with E-state index in [1.54, 1.807) is 31.3 Å². The number of rotatable bonds is 3. The normalized spacial score (nSPS) is 10.1. The van der Waals surface area contributed by atoms with Crippen molar-refractivity contribution >= 4 is 17.6 Å². The molecule has 0 fully saturated rings. The molecule has 2 aromatic heterocycles. The molecule has 0 unspecified atom stereocenters. The van der Waals surface area contributed by atoms with Crippen LogP contribution in [0.1, 0.15) is 17.3 Å². The van der Waals surface area contributed by atoms with Crippen molar-refractivity contribution in [2.75, 3.05) is 6.61 Å². The largest absolute Gasteiger partial charge is 0.462 e. The van der Waals surface area contributed by atoms with Gasteiger partial charge in [-0.15, -0.1) is 5.10 Å². The van der Waals surface area contributed by atoms with Gasteiger partial charge >= 0.3 is 5.97 Å². The maximum absolute atomic E-state index is 11.8. The number of hydrogen-bond donors (Lipinski definition) is 0. The van der Waals surface area contributed by atoms with Crippen LogP contribution in [0.4, 0.5) is 0 Å². The Balaban J connectivity index is 2.48. The van der Waals surface area contributed by atoms with Crippen LogP contribution < -0.4 is 0 Å². The maximum Gasteiger partial charge on any atom is 0.340 e. The van der Waals surface area contributed by atoms with E-state index < -0.39 is 5.97 Å². The van der Waals surface area contributed by atoms with Gasteiger partial charge in [0.05, 0.1) is 24.1 Å². The van der Waals surface area contributed by atoms with Gasteiger partial charge in [-0.1, -0.05) is 11.6 Å². The van der Waals surface area contributed by atoms with E-state index in [0.717, 1.165) is 0 Å². The van der Waals surface area contributed by atoms with Crippen LogP contribution in [0.25, 0.3) is 11.3 Å². The SMILES string of the molecule is CCOC(=O)c1cccnc1-c1cnnc(Cl)c1. The molecular formula is C12H10ClN3O2. The van der Waals surface area contributed by atoms with E-state index in [1.165, 1.54) is 6.20 Å². The standard InChI is InChI=1S/C12H10ClN3O2/c1-2-18-12(17)9-4-3-5-14-11(9)8-6-10(13)16-15-7-8/h3-7H,2H2,1H3. The number of hydrogen-bond acceptors (Lipinski definition) is 5. The van der Waals surface area contributed by atoms with Crippen LogP contribution in [0.15, 0.2) is 30.6 Å². The Morgan fingerprint density at radius 1 is 1.50 bits per heavy atom. The van der Waals surface area contributed by atoms with Crippen LogP contribution in [0.5, 0.6) is 0 Å². The highest BCUT2D eigenvalue weighted by Crippen LogP contribution is 2.22. The quantitative estimate of drug-likeness (QED) is 0.796. The summed E-state index contributed by atoms with van der Waals surface area (Å²) < 4.78 is 4.97. The fourth-order valence-corrected chi connectivity index (χ4v) is 1.64. The third-order valence-electron chi connectivity index (χ3n) is 2.20. The Bertz CT molecular complexity index is 575. The lowest BCUT2D eigenvalue weighted by Gasteiger charge is -2.07. The fourth-order valence-electron chi connectivity index (χ4n) is 1.48. The molecule has 0 amide bonds. The third-order valence-corrected chi connectivity index (χ3v) is 2.39. The maximum atomic E-state index is 11.8. The van der Waals surface area contributed by atoms with Crippen LogP contribution in [0, 0.1) is 0 Å². The molecule has 0 radical (unpaired) electrons. The zero-order valence-electron chi connectivity index (χ0n) is 9.63. The number of nitrogens with zero attached hydrogens (tertiary/aromatic N) is 3. The van der Waals surface area contributed by atoms with Crippen molar-refractivity contribution in [3.8, 4) is 11.3 Å². The molecule has 0 aliphatic rings. The number of carbonyl (C=O) groups is 1. The summed E-state index contributed by atoms with van der Waals surface area (Å²) in [5, 5.41) is 7.62. The number of esters is 1. The topological polar surface area (TPSA) is 65.0 Å². The average Bonchev–Trinajstić information content (AvgIpc) is 2.39. The van der Waals surface area contributed by atoms with E-state index in [4.69, 9.17) is 16.3 Å². The smallest absolute Gasteiger partial charge is 0.340 e. The third kappa shape index (κ3) is 2.62. The monoisotopic (exact) mass is 263 g/mol. The van der Waals surface area contributed by atoms with Gasteiger partial charge < -0.3 is 4.74 Å². The van der Waals surface area contributed by atoms with Crippen molar-refractivity contribution in [3.05, 3.63) is 41.3 Å². The van der Waals surface area contributed by atoms with Crippen molar-refractivity contribution in [3.63, 3.8) is 0 Å². The molecule has 0 saturated carbocycles. The Kier molecular flexibility index (Phi) is 3.84. The molecule has 0 atom stereocenters. The zero-order chi connectivity index (χ0) is 13.0. The lowest BCUT2D eigenvalue weighted by molar-refractivity contribution is 0.0527. The Hall–Kier alpha value is -2.01. The van der Waals surface area contributed by atoms with Crippen LogP contribution in [-0.4, -0.2) is 27.8 Å². The van der Waals surface area contributed by atoms with Gasteiger partial charge in [0.15, 0.2) is 5.15 Å². The average molecular weight is 264 g/mol. The van der Waals surface area contributed by atoms with E-state index in [0.29, 0.717) is 23.4 Å². The minimum absolute atomic E-state index is 0.243. The summed E-state index contributed by atoms with van der Waals surface area (Å²) in [4.78, 5) is 16.0. The molecule has 0 N–H and O–H groups in total. The van der Waals surface area contributed by atoms with Crippen molar-refractivity contribution < 1.29 is 9.53 Å². The Morgan fingerprint density at radius 2 is 2.33 bits per heavy atom. The molecule has 0 aliphatic carbocycles. The second kappa shape index (κ2) is 5.55. The highest BCUT2D eigenvalue weighted by Gasteiger charge is 2.15. The summed E-state index contributed by atoms with van der Waals surface area (Å²) in [6.45, 7) is 2.06. The molecule has 2 rings (SSSR count). The number of pyridine rings is 1. The molecule has 0 aromatic carbocycles. The first-order valence-electron chi connectivity index (χ1n) is 5.33.